The second-order valence-electron chi connectivity index (χ2n) is 4.82. The minimum atomic E-state index is -0.199. The van der Waals surface area contributed by atoms with Crippen molar-refractivity contribution in [1.82, 2.24) is 20.2 Å². The molecule has 118 valence electrons. The van der Waals surface area contributed by atoms with Crippen molar-refractivity contribution in [1.29, 1.82) is 0 Å². The molecule has 2 aromatic heterocycles. The van der Waals surface area contributed by atoms with E-state index < -0.39 is 0 Å². The number of aryl methyl sites for hydroxylation is 1. The van der Waals surface area contributed by atoms with E-state index in [1.54, 1.807) is 7.11 Å². The number of amides is 1. The zero-order chi connectivity index (χ0) is 16.2. The Labute approximate surface area is 136 Å². The normalized spacial score (nSPS) is 10.5. The van der Waals surface area contributed by atoms with Gasteiger partial charge in [-0.3, -0.25) is 15.2 Å². The highest BCUT2D eigenvalue weighted by Gasteiger charge is 2.11. The van der Waals surface area contributed by atoms with Crippen molar-refractivity contribution in [2.75, 3.05) is 12.4 Å². The van der Waals surface area contributed by atoms with Gasteiger partial charge in [-0.05, 0) is 31.2 Å². The number of nitrogens with zero attached hydrogens (tertiary/aromatic N) is 3. The maximum atomic E-state index is 12.0. The predicted octanol–water partition coefficient (Wildman–Crippen LogP) is 2.43. The van der Waals surface area contributed by atoms with E-state index in [1.165, 1.54) is 11.3 Å². The first-order valence-corrected chi connectivity index (χ1v) is 7.79. The number of carbonyl (C=O) groups excluding carboxylic acids is 1. The number of aromatic nitrogens is 4. The summed E-state index contributed by atoms with van der Waals surface area (Å²) in [6, 6.07) is 7.40. The summed E-state index contributed by atoms with van der Waals surface area (Å²) in [5, 5.41) is 12.3. The van der Waals surface area contributed by atoms with Gasteiger partial charge in [-0.1, -0.05) is 0 Å². The summed E-state index contributed by atoms with van der Waals surface area (Å²) < 4.78 is 5.11. The Bertz CT molecular complexity index is 809. The Kier molecular flexibility index (Phi) is 4.33. The molecule has 0 atom stereocenters. The van der Waals surface area contributed by atoms with Gasteiger partial charge < -0.3 is 4.74 Å². The van der Waals surface area contributed by atoms with E-state index in [0.29, 0.717) is 5.82 Å². The lowest BCUT2D eigenvalue weighted by atomic mass is 10.2. The largest absolute Gasteiger partial charge is 0.497 e. The van der Waals surface area contributed by atoms with Gasteiger partial charge >= 0.3 is 0 Å². The van der Waals surface area contributed by atoms with Crippen LogP contribution in [0.25, 0.3) is 11.4 Å². The van der Waals surface area contributed by atoms with Crippen LogP contribution >= 0.6 is 11.3 Å². The number of hydrogen-bond acceptors (Lipinski definition) is 6. The fourth-order valence-corrected chi connectivity index (χ4v) is 2.63. The van der Waals surface area contributed by atoms with Crippen LogP contribution in [-0.2, 0) is 11.2 Å². The number of ether oxygens (including phenoxy) is 1. The SMILES string of the molecule is COc1ccc(-c2nc(NC(=O)Cc3csc(C)n3)n[nH]2)cc1. The van der Waals surface area contributed by atoms with Crippen LogP contribution in [0.5, 0.6) is 5.75 Å². The summed E-state index contributed by atoms with van der Waals surface area (Å²) in [7, 11) is 1.61. The third-order valence-corrected chi connectivity index (χ3v) is 3.93. The van der Waals surface area contributed by atoms with Gasteiger partial charge in [-0.2, -0.15) is 4.98 Å². The summed E-state index contributed by atoms with van der Waals surface area (Å²) in [5.41, 5.74) is 1.60. The monoisotopic (exact) mass is 329 g/mol. The molecular formula is C15H15N5O2S. The van der Waals surface area contributed by atoms with E-state index in [4.69, 9.17) is 4.74 Å². The van der Waals surface area contributed by atoms with Gasteiger partial charge in [0.1, 0.15) is 5.75 Å². The Morgan fingerprint density at radius 3 is 2.74 bits per heavy atom. The first-order chi connectivity index (χ1) is 11.1. The molecule has 0 saturated heterocycles. The molecule has 0 aliphatic heterocycles. The maximum absolute atomic E-state index is 12.0. The maximum Gasteiger partial charge on any atom is 0.249 e. The smallest absolute Gasteiger partial charge is 0.249 e. The van der Waals surface area contributed by atoms with E-state index in [2.05, 4.69) is 25.5 Å². The molecule has 0 unspecified atom stereocenters. The lowest BCUT2D eigenvalue weighted by Gasteiger charge is -2.00. The van der Waals surface area contributed by atoms with Crippen molar-refractivity contribution in [3.05, 3.63) is 40.3 Å². The Balaban J connectivity index is 1.65. The van der Waals surface area contributed by atoms with Crippen LogP contribution in [0, 0.1) is 6.92 Å². The third kappa shape index (κ3) is 3.72. The highest BCUT2D eigenvalue weighted by Crippen LogP contribution is 2.19. The first-order valence-electron chi connectivity index (χ1n) is 6.92. The van der Waals surface area contributed by atoms with Crippen LogP contribution in [0.4, 0.5) is 5.95 Å². The summed E-state index contributed by atoms with van der Waals surface area (Å²) in [4.78, 5) is 20.5. The van der Waals surface area contributed by atoms with Gasteiger partial charge in [0, 0.05) is 10.9 Å². The fourth-order valence-electron chi connectivity index (χ4n) is 2.02. The molecule has 0 saturated carbocycles. The average Bonchev–Trinajstić information content (AvgIpc) is 3.16. The molecule has 1 amide bonds. The molecule has 3 rings (SSSR count). The quantitative estimate of drug-likeness (QED) is 0.750. The topological polar surface area (TPSA) is 92.8 Å². The van der Waals surface area contributed by atoms with E-state index in [1.807, 2.05) is 36.6 Å². The van der Waals surface area contributed by atoms with Gasteiger partial charge in [0.05, 0.1) is 24.2 Å². The van der Waals surface area contributed by atoms with Crippen LogP contribution in [0.3, 0.4) is 0 Å². The average molecular weight is 329 g/mol. The molecule has 0 aliphatic carbocycles. The van der Waals surface area contributed by atoms with Crippen molar-refractivity contribution >= 4 is 23.2 Å². The van der Waals surface area contributed by atoms with E-state index in [-0.39, 0.29) is 18.3 Å². The summed E-state index contributed by atoms with van der Waals surface area (Å²) in [5.74, 6) is 1.39. The lowest BCUT2D eigenvalue weighted by molar-refractivity contribution is -0.115. The van der Waals surface area contributed by atoms with E-state index in [9.17, 15) is 4.79 Å². The molecule has 0 spiro atoms. The number of carbonyl (C=O) groups is 1. The molecule has 0 radical (unpaired) electrons. The number of rotatable bonds is 5. The minimum Gasteiger partial charge on any atom is -0.497 e. The van der Waals surface area contributed by atoms with Crippen molar-refractivity contribution in [3.63, 3.8) is 0 Å². The molecule has 23 heavy (non-hydrogen) atoms. The van der Waals surface area contributed by atoms with Gasteiger partial charge in [0.25, 0.3) is 0 Å². The molecular weight excluding hydrogens is 314 g/mol. The Morgan fingerprint density at radius 1 is 1.30 bits per heavy atom. The number of H-pyrrole nitrogens is 1. The standard InChI is InChI=1S/C15H15N5O2S/c1-9-16-11(8-23-9)7-13(21)17-15-18-14(19-20-15)10-3-5-12(22-2)6-4-10/h3-6,8H,7H2,1-2H3,(H2,17,18,19,20,21). The Hall–Kier alpha value is -2.74. The zero-order valence-electron chi connectivity index (χ0n) is 12.7. The third-order valence-electron chi connectivity index (χ3n) is 3.11. The molecule has 1 aromatic carbocycles. The van der Waals surface area contributed by atoms with Crippen molar-refractivity contribution < 1.29 is 9.53 Å². The fraction of sp³-hybridized carbons (Fsp3) is 0.200. The molecule has 2 heterocycles. The molecule has 8 heteroatoms. The number of methoxy groups -OCH3 is 1. The highest BCUT2D eigenvalue weighted by molar-refractivity contribution is 7.09. The van der Waals surface area contributed by atoms with Gasteiger partial charge in [0.2, 0.25) is 11.9 Å². The lowest BCUT2D eigenvalue weighted by Crippen LogP contribution is -2.15. The number of aromatic amines is 1. The second-order valence-corrected chi connectivity index (χ2v) is 5.88. The van der Waals surface area contributed by atoms with Gasteiger partial charge in [-0.15, -0.1) is 16.4 Å². The molecule has 2 N–H and O–H groups in total. The van der Waals surface area contributed by atoms with Crippen LogP contribution in [0.1, 0.15) is 10.7 Å². The van der Waals surface area contributed by atoms with Crippen LogP contribution < -0.4 is 10.1 Å². The number of nitrogens with one attached hydrogen (secondary N) is 2. The van der Waals surface area contributed by atoms with Crippen molar-refractivity contribution in [3.8, 4) is 17.1 Å². The summed E-state index contributed by atoms with van der Waals surface area (Å²) in [6.45, 7) is 1.91. The number of anilines is 1. The number of benzene rings is 1. The first kappa shape index (κ1) is 15.2. The van der Waals surface area contributed by atoms with Crippen molar-refractivity contribution in [2.24, 2.45) is 0 Å². The molecule has 3 aromatic rings. The number of hydrogen-bond donors (Lipinski definition) is 2. The zero-order valence-corrected chi connectivity index (χ0v) is 13.5. The van der Waals surface area contributed by atoms with Crippen LogP contribution in [-0.4, -0.2) is 33.2 Å². The predicted molar refractivity (Wildman–Crippen MR) is 87.6 cm³/mol. The van der Waals surface area contributed by atoms with E-state index >= 15 is 0 Å². The minimum absolute atomic E-state index is 0.199. The molecule has 0 fully saturated rings. The summed E-state index contributed by atoms with van der Waals surface area (Å²) in [6.07, 6.45) is 0.205. The van der Waals surface area contributed by atoms with Gasteiger partial charge in [-0.25, -0.2) is 4.98 Å². The molecule has 0 aliphatic rings. The summed E-state index contributed by atoms with van der Waals surface area (Å²) >= 11 is 1.52. The van der Waals surface area contributed by atoms with Gasteiger partial charge in [0.15, 0.2) is 5.82 Å². The highest BCUT2D eigenvalue weighted by atomic mass is 32.1. The van der Waals surface area contributed by atoms with Crippen LogP contribution in [0.15, 0.2) is 29.6 Å². The van der Waals surface area contributed by atoms with E-state index in [0.717, 1.165) is 22.0 Å². The number of thiazole rings is 1. The van der Waals surface area contributed by atoms with Crippen LogP contribution in [0.2, 0.25) is 0 Å². The Morgan fingerprint density at radius 2 is 2.09 bits per heavy atom. The second kappa shape index (κ2) is 6.57. The molecule has 7 nitrogen and oxygen atoms in total. The van der Waals surface area contributed by atoms with Crippen molar-refractivity contribution in [2.45, 2.75) is 13.3 Å². The molecule has 0 bridgehead atoms.